The normalized spacial score (nSPS) is 21.1. The topological polar surface area (TPSA) is 60.5 Å². The van der Waals surface area contributed by atoms with Gasteiger partial charge in [-0.15, -0.1) is 0 Å². The first kappa shape index (κ1) is 16.0. The number of methoxy groups -OCH3 is 1. The standard InChI is InChI=1S/C16H27N3O2/c1-18-10-6-8-14(18)15-7-4-3-5-11-19(15)16(20)13(17)9-12-21-2/h6,8,10,13,15H,3-5,7,9,11-12,17H2,1-2H3. The summed E-state index contributed by atoms with van der Waals surface area (Å²) in [6.07, 6.45) is 7.02. The van der Waals surface area contributed by atoms with Crippen LogP contribution in [-0.2, 0) is 16.6 Å². The van der Waals surface area contributed by atoms with Gasteiger partial charge in [-0.25, -0.2) is 0 Å². The molecule has 21 heavy (non-hydrogen) atoms. The number of carbonyl (C=O) groups is 1. The maximum absolute atomic E-state index is 12.7. The summed E-state index contributed by atoms with van der Waals surface area (Å²) < 4.78 is 7.15. The maximum Gasteiger partial charge on any atom is 0.240 e. The van der Waals surface area contributed by atoms with E-state index in [-0.39, 0.29) is 11.9 Å². The molecule has 2 N–H and O–H groups in total. The number of hydrogen-bond acceptors (Lipinski definition) is 3. The molecule has 1 amide bonds. The number of nitrogens with two attached hydrogens (primary N) is 1. The lowest BCUT2D eigenvalue weighted by Gasteiger charge is -2.32. The molecule has 0 radical (unpaired) electrons. The van der Waals surface area contributed by atoms with E-state index in [1.807, 2.05) is 24.2 Å². The van der Waals surface area contributed by atoms with Crippen LogP contribution in [0.1, 0.15) is 43.8 Å². The van der Waals surface area contributed by atoms with Crippen molar-refractivity contribution in [2.75, 3.05) is 20.3 Å². The number of nitrogens with zero attached hydrogens (tertiary/aromatic N) is 2. The van der Waals surface area contributed by atoms with E-state index in [2.05, 4.69) is 10.6 Å². The second kappa shape index (κ2) is 7.61. The van der Waals surface area contributed by atoms with Gasteiger partial charge < -0.3 is 19.9 Å². The Bertz CT molecular complexity index is 458. The van der Waals surface area contributed by atoms with Gasteiger partial charge in [-0.3, -0.25) is 4.79 Å². The van der Waals surface area contributed by atoms with Gasteiger partial charge in [0.25, 0.3) is 0 Å². The van der Waals surface area contributed by atoms with Gasteiger partial charge in [0.2, 0.25) is 5.91 Å². The van der Waals surface area contributed by atoms with E-state index >= 15 is 0 Å². The van der Waals surface area contributed by atoms with Crippen molar-refractivity contribution < 1.29 is 9.53 Å². The first-order chi connectivity index (χ1) is 10.1. The predicted octanol–water partition coefficient (Wildman–Crippen LogP) is 1.83. The van der Waals surface area contributed by atoms with Crippen LogP contribution in [0.2, 0.25) is 0 Å². The van der Waals surface area contributed by atoms with Gasteiger partial charge in [0.15, 0.2) is 0 Å². The van der Waals surface area contributed by atoms with Crippen LogP contribution in [0.3, 0.4) is 0 Å². The Balaban J connectivity index is 2.16. The van der Waals surface area contributed by atoms with Crippen molar-refractivity contribution in [1.29, 1.82) is 0 Å². The Labute approximate surface area is 127 Å². The predicted molar refractivity (Wildman–Crippen MR) is 82.8 cm³/mol. The minimum Gasteiger partial charge on any atom is -0.385 e. The fourth-order valence-corrected chi connectivity index (χ4v) is 3.08. The molecule has 1 aliphatic rings. The molecule has 2 atom stereocenters. The van der Waals surface area contributed by atoms with E-state index in [1.54, 1.807) is 7.11 Å². The highest BCUT2D eigenvalue weighted by Gasteiger charge is 2.30. The quantitative estimate of drug-likeness (QED) is 0.901. The Kier molecular flexibility index (Phi) is 5.82. The molecule has 5 heteroatoms. The van der Waals surface area contributed by atoms with E-state index in [4.69, 9.17) is 10.5 Å². The average Bonchev–Trinajstić information content (AvgIpc) is 2.76. The number of aromatic nitrogens is 1. The number of ether oxygens (including phenoxy) is 1. The van der Waals surface area contributed by atoms with Crippen LogP contribution in [0.4, 0.5) is 0 Å². The van der Waals surface area contributed by atoms with Gasteiger partial charge in [0.05, 0.1) is 12.1 Å². The summed E-state index contributed by atoms with van der Waals surface area (Å²) >= 11 is 0. The zero-order valence-electron chi connectivity index (χ0n) is 13.1. The molecule has 2 unspecified atom stereocenters. The Hall–Kier alpha value is -1.33. The van der Waals surface area contributed by atoms with Crippen molar-refractivity contribution in [3.05, 3.63) is 24.0 Å². The molecule has 0 bridgehead atoms. The zero-order valence-corrected chi connectivity index (χ0v) is 13.1. The molecule has 1 fully saturated rings. The lowest BCUT2D eigenvalue weighted by atomic mass is 10.1. The minimum absolute atomic E-state index is 0.0557. The van der Waals surface area contributed by atoms with Crippen molar-refractivity contribution in [3.63, 3.8) is 0 Å². The fourth-order valence-electron chi connectivity index (χ4n) is 3.08. The summed E-state index contributed by atoms with van der Waals surface area (Å²) in [7, 11) is 3.67. The van der Waals surface area contributed by atoms with Crippen molar-refractivity contribution in [2.24, 2.45) is 12.8 Å². The molecule has 1 aromatic rings. The van der Waals surface area contributed by atoms with Crippen LogP contribution in [0.15, 0.2) is 18.3 Å². The van der Waals surface area contributed by atoms with E-state index in [9.17, 15) is 4.79 Å². The summed E-state index contributed by atoms with van der Waals surface area (Å²) in [6, 6.07) is 3.82. The number of amides is 1. The van der Waals surface area contributed by atoms with Crippen molar-refractivity contribution in [3.8, 4) is 0 Å². The molecule has 0 aromatic carbocycles. The first-order valence-corrected chi connectivity index (χ1v) is 7.81. The number of likely N-dealkylation sites (tertiary alicyclic amines) is 1. The Morgan fingerprint density at radius 2 is 2.29 bits per heavy atom. The highest BCUT2D eigenvalue weighted by molar-refractivity contribution is 5.82. The summed E-state index contributed by atoms with van der Waals surface area (Å²) in [5.41, 5.74) is 7.26. The van der Waals surface area contributed by atoms with Crippen LogP contribution in [0.5, 0.6) is 0 Å². The van der Waals surface area contributed by atoms with Crippen LogP contribution in [-0.4, -0.2) is 41.7 Å². The van der Waals surface area contributed by atoms with E-state index in [0.29, 0.717) is 13.0 Å². The molecule has 0 aliphatic carbocycles. The molecule has 118 valence electrons. The highest BCUT2D eigenvalue weighted by Crippen LogP contribution is 2.30. The summed E-state index contributed by atoms with van der Waals surface area (Å²) in [6.45, 7) is 1.32. The van der Waals surface area contributed by atoms with Crippen LogP contribution in [0.25, 0.3) is 0 Å². The average molecular weight is 293 g/mol. The molecule has 2 rings (SSSR count). The van der Waals surface area contributed by atoms with Crippen molar-refractivity contribution in [1.82, 2.24) is 9.47 Å². The third kappa shape index (κ3) is 3.86. The molecule has 1 aliphatic heterocycles. The van der Waals surface area contributed by atoms with Crippen LogP contribution in [0, 0.1) is 0 Å². The molecular formula is C16H27N3O2. The lowest BCUT2D eigenvalue weighted by molar-refractivity contribution is -0.135. The Morgan fingerprint density at radius 3 is 2.95 bits per heavy atom. The van der Waals surface area contributed by atoms with Gasteiger partial charge in [0, 0.05) is 39.2 Å². The summed E-state index contributed by atoms with van der Waals surface area (Å²) in [5, 5.41) is 0. The first-order valence-electron chi connectivity index (χ1n) is 7.81. The number of aryl methyl sites for hydroxylation is 1. The van der Waals surface area contributed by atoms with Gasteiger partial charge in [-0.05, 0) is 31.4 Å². The Morgan fingerprint density at radius 1 is 1.48 bits per heavy atom. The minimum atomic E-state index is -0.467. The lowest BCUT2D eigenvalue weighted by Crippen LogP contribution is -2.46. The second-order valence-electron chi connectivity index (χ2n) is 5.83. The van der Waals surface area contributed by atoms with Crippen LogP contribution < -0.4 is 5.73 Å². The largest absolute Gasteiger partial charge is 0.385 e. The smallest absolute Gasteiger partial charge is 0.240 e. The molecule has 0 spiro atoms. The zero-order chi connectivity index (χ0) is 15.2. The molecular weight excluding hydrogens is 266 g/mol. The molecule has 1 aromatic heterocycles. The third-order valence-electron chi connectivity index (χ3n) is 4.31. The maximum atomic E-state index is 12.7. The second-order valence-corrected chi connectivity index (χ2v) is 5.83. The molecule has 5 nitrogen and oxygen atoms in total. The van der Waals surface area contributed by atoms with Crippen molar-refractivity contribution in [2.45, 2.75) is 44.2 Å². The van der Waals surface area contributed by atoms with E-state index in [1.165, 1.54) is 12.1 Å². The van der Waals surface area contributed by atoms with E-state index in [0.717, 1.165) is 25.8 Å². The van der Waals surface area contributed by atoms with Gasteiger partial charge in [-0.2, -0.15) is 0 Å². The number of hydrogen-bond donors (Lipinski definition) is 1. The SMILES string of the molecule is COCCC(N)C(=O)N1CCCCCC1c1cccn1C. The third-order valence-corrected chi connectivity index (χ3v) is 4.31. The number of rotatable bonds is 5. The van der Waals surface area contributed by atoms with Crippen molar-refractivity contribution >= 4 is 5.91 Å². The monoisotopic (exact) mass is 293 g/mol. The van der Waals surface area contributed by atoms with Gasteiger partial charge in [0.1, 0.15) is 0 Å². The summed E-state index contributed by atoms with van der Waals surface area (Å²) in [5.74, 6) is 0.0557. The van der Waals surface area contributed by atoms with Gasteiger partial charge in [-0.1, -0.05) is 12.8 Å². The molecule has 2 heterocycles. The molecule has 0 saturated carbocycles. The molecule has 1 saturated heterocycles. The number of carbonyl (C=O) groups excluding carboxylic acids is 1. The summed E-state index contributed by atoms with van der Waals surface area (Å²) in [4.78, 5) is 14.7. The van der Waals surface area contributed by atoms with Gasteiger partial charge >= 0.3 is 0 Å². The highest BCUT2D eigenvalue weighted by atomic mass is 16.5. The van der Waals surface area contributed by atoms with Crippen LogP contribution >= 0.6 is 0 Å². The fraction of sp³-hybridized carbons (Fsp3) is 0.688. The van der Waals surface area contributed by atoms with E-state index < -0.39 is 6.04 Å².